The van der Waals surface area contributed by atoms with E-state index in [1.54, 1.807) is 12.1 Å². The normalized spacial score (nSPS) is 14.1. The smallest absolute Gasteiger partial charge is 0.337 e. The minimum Gasteiger partial charge on any atom is -0.487 e. The Morgan fingerprint density at radius 1 is 1.07 bits per heavy atom. The lowest BCUT2D eigenvalue weighted by Crippen LogP contribution is -2.54. The average molecular weight is 390 g/mol. The standard InChI is InChI=1S/C24H26N2O3/c1-17(2)14-18-8-10-19(11-9-18)29-20-15-26(16-20)22-7-5-6-21(24(27)28)23(22)25-12-3-4-13-25/h3-13,17,20H,14-16H2,1-2H3,(H,27,28). The molecular formula is C24H26N2O3. The van der Waals surface area contributed by atoms with Gasteiger partial charge in [-0.05, 0) is 54.3 Å². The highest BCUT2D eigenvalue weighted by atomic mass is 16.5. The number of para-hydroxylation sites is 1. The fraction of sp³-hybridized carbons (Fsp3) is 0.292. The fourth-order valence-corrected chi connectivity index (χ4v) is 3.79. The molecule has 0 aliphatic carbocycles. The average Bonchev–Trinajstić information content (AvgIpc) is 3.19. The maximum absolute atomic E-state index is 11.7. The number of carboxylic acid groups (broad SMARTS) is 1. The maximum atomic E-state index is 11.7. The van der Waals surface area contributed by atoms with Crippen molar-refractivity contribution in [1.82, 2.24) is 4.57 Å². The Hall–Kier alpha value is -3.21. The fourth-order valence-electron chi connectivity index (χ4n) is 3.79. The van der Waals surface area contributed by atoms with E-state index >= 15 is 0 Å². The first-order valence-corrected chi connectivity index (χ1v) is 10.0. The van der Waals surface area contributed by atoms with Crippen LogP contribution in [0.5, 0.6) is 5.75 Å². The van der Waals surface area contributed by atoms with Crippen LogP contribution in [0, 0.1) is 5.92 Å². The summed E-state index contributed by atoms with van der Waals surface area (Å²) in [5.41, 5.74) is 3.22. The van der Waals surface area contributed by atoms with Crippen LogP contribution in [0.3, 0.4) is 0 Å². The molecule has 0 amide bonds. The molecule has 4 rings (SSSR count). The Bertz CT molecular complexity index is 972. The third-order valence-corrected chi connectivity index (χ3v) is 5.17. The van der Waals surface area contributed by atoms with E-state index in [0.717, 1.165) is 30.9 Å². The summed E-state index contributed by atoms with van der Waals surface area (Å²) in [5.74, 6) is 0.593. The first kappa shape index (κ1) is 19.1. The van der Waals surface area contributed by atoms with E-state index in [1.807, 2.05) is 47.3 Å². The Labute approximate surface area is 171 Å². The number of carboxylic acids is 1. The number of ether oxygens (including phenoxy) is 1. The number of aromatic nitrogens is 1. The van der Waals surface area contributed by atoms with E-state index in [2.05, 4.69) is 30.9 Å². The van der Waals surface area contributed by atoms with Crippen molar-refractivity contribution in [3.05, 3.63) is 78.1 Å². The Kier molecular flexibility index (Phi) is 5.30. The quantitative estimate of drug-likeness (QED) is 0.638. The molecular weight excluding hydrogens is 364 g/mol. The predicted molar refractivity (Wildman–Crippen MR) is 114 cm³/mol. The van der Waals surface area contributed by atoms with Crippen LogP contribution in [-0.4, -0.2) is 34.8 Å². The number of hydrogen-bond donors (Lipinski definition) is 1. The number of aromatic carboxylic acids is 1. The number of carbonyl (C=O) groups is 1. The molecule has 2 heterocycles. The molecule has 0 atom stereocenters. The van der Waals surface area contributed by atoms with Gasteiger partial charge in [0.25, 0.3) is 0 Å². The highest BCUT2D eigenvalue weighted by molar-refractivity contribution is 5.95. The summed E-state index contributed by atoms with van der Waals surface area (Å²) in [6, 6.07) is 17.5. The van der Waals surface area contributed by atoms with Gasteiger partial charge < -0.3 is 19.3 Å². The first-order valence-electron chi connectivity index (χ1n) is 10.0. The summed E-state index contributed by atoms with van der Waals surface area (Å²) in [5, 5.41) is 9.63. The zero-order chi connectivity index (χ0) is 20.4. The van der Waals surface area contributed by atoms with E-state index in [0.29, 0.717) is 17.2 Å². The summed E-state index contributed by atoms with van der Waals surface area (Å²) in [4.78, 5) is 13.9. The van der Waals surface area contributed by atoms with Gasteiger partial charge in [-0.2, -0.15) is 0 Å². The highest BCUT2D eigenvalue weighted by Crippen LogP contribution is 2.32. The Morgan fingerprint density at radius 2 is 1.76 bits per heavy atom. The molecule has 1 saturated heterocycles. The molecule has 0 radical (unpaired) electrons. The van der Waals surface area contributed by atoms with E-state index < -0.39 is 5.97 Å². The number of benzene rings is 2. The number of anilines is 1. The molecule has 150 valence electrons. The lowest BCUT2D eigenvalue weighted by atomic mass is 10.0. The molecule has 1 N–H and O–H groups in total. The zero-order valence-electron chi connectivity index (χ0n) is 16.8. The van der Waals surface area contributed by atoms with Gasteiger partial charge in [-0.3, -0.25) is 0 Å². The van der Waals surface area contributed by atoms with E-state index in [9.17, 15) is 9.90 Å². The largest absolute Gasteiger partial charge is 0.487 e. The summed E-state index contributed by atoms with van der Waals surface area (Å²) >= 11 is 0. The minimum atomic E-state index is -0.926. The second kappa shape index (κ2) is 8.03. The first-order chi connectivity index (χ1) is 14.0. The molecule has 0 spiro atoms. The molecule has 0 saturated carbocycles. The van der Waals surface area contributed by atoms with Gasteiger partial charge in [0, 0.05) is 12.4 Å². The van der Waals surface area contributed by atoms with Gasteiger partial charge in [0.2, 0.25) is 0 Å². The predicted octanol–water partition coefficient (Wildman–Crippen LogP) is 4.64. The summed E-state index contributed by atoms with van der Waals surface area (Å²) in [6.07, 6.45) is 4.91. The summed E-state index contributed by atoms with van der Waals surface area (Å²) < 4.78 is 7.97. The van der Waals surface area contributed by atoms with Gasteiger partial charge in [0.1, 0.15) is 11.9 Å². The number of rotatable bonds is 7. The van der Waals surface area contributed by atoms with Crippen LogP contribution < -0.4 is 9.64 Å². The van der Waals surface area contributed by atoms with Gasteiger partial charge in [-0.1, -0.05) is 32.0 Å². The maximum Gasteiger partial charge on any atom is 0.337 e. The van der Waals surface area contributed by atoms with Crippen LogP contribution in [0.25, 0.3) is 5.69 Å². The molecule has 1 aliphatic heterocycles. The van der Waals surface area contributed by atoms with E-state index in [4.69, 9.17) is 4.74 Å². The summed E-state index contributed by atoms with van der Waals surface area (Å²) in [7, 11) is 0. The SMILES string of the molecule is CC(C)Cc1ccc(OC2CN(c3cccc(C(=O)O)c3-n3cccc3)C2)cc1. The number of hydrogen-bond acceptors (Lipinski definition) is 3. The molecule has 5 heteroatoms. The number of nitrogens with zero attached hydrogens (tertiary/aromatic N) is 2. The lowest BCUT2D eigenvalue weighted by Gasteiger charge is -2.41. The molecule has 1 fully saturated rings. The van der Waals surface area contributed by atoms with Crippen molar-refractivity contribution >= 4 is 11.7 Å². The van der Waals surface area contributed by atoms with Crippen molar-refractivity contribution in [2.24, 2.45) is 5.92 Å². The van der Waals surface area contributed by atoms with Crippen molar-refractivity contribution in [3.63, 3.8) is 0 Å². The molecule has 2 aromatic carbocycles. The van der Waals surface area contributed by atoms with Gasteiger partial charge >= 0.3 is 5.97 Å². The van der Waals surface area contributed by atoms with Gasteiger partial charge in [0.15, 0.2) is 0 Å². The van der Waals surface area contributed by atoms with Crippen LogP contribution in [0.1, 0.15) is 29.8 Å². The highest BCUT2D eigenvalue weighted by Gasteiger charge is 2.31. The molecule has 0 unspecified atom stereocenters. The van der Waals surface area contributed by atoms with Crippen molar-refractivity contribution in [2.45, 2.75) is 26.4 Å². The van der Waals surface area contributed by atoms with Gasteiger partial charge in [-0.15, -0.1) is 0 Å². The van der Waals surface area contributed by atoms with Crippen LogP contribution in [0.2, 0.25) is 0 Å². The molecule has 3 aromatic rings. The lowest BCUT2D eigenvalue weighted by molar-refractivity contribution is 0.0697. The third kappa shape index (κ3) is 4.14. The van der Waals surface area contributed by atoms with Gasteiger partial charge in [-0.25, -0.2) is 4.79 Å². The van der Waals surface area contributed by atoms with Crippen molar-refractivity contribution in [3.8, 4) is 11.4 Å². The molecule has 29 heavy (non-hydrogen) atoms. The van der Waals surface area contributed by atoms with E-state index in [1.165, 1.54) is 5.56 Å². The molecule has 0 bridgehead atoms. The zero-order valence-corrected chi connectivity index (χ0v) is 16.8. The van der Waals surface area contributed by atoms with Crippen LogP contribution in [-0.2, 0) is 6.42 Å². The Morgan fingerprint density at radius 3 is 2.38 bits per heavy atom. The summed E-state index contributed by atoms with van der Waals surface area (Å²) in [6.45, 7) is 5.89. The minimum absolute atomic E-state index is 0.0944. The van der Waals surface area contributed by atoms with Gasteiger partial charge in [0.05, 0.1) is 30.0 Å². The second-order valence-electron chi connectivity index (χ2n) is 7.96. The van der Waals surface area contributed by atoms with E-state index in [-0.39, 0.29) is 6.10 Å². The topological polar surface area (TPSA) is 54.7 Å². The molecule has 1 aromatic heterocycles. The molecule has 5 nitrogen and oxygen atoms in total. The van der Waals surface area contributed by atoms with Crippen molar-refractivity contribution < 1.29 is 14.6 Å². The Balaban J connectivity index is 1.46. The van der Waals surface area contributed by atoms with Crippen LogP contribution in [0.15, 0.2) is 67.0 Å². The van der Waals surface area contributed by atoms with Crippen LogP contribution >= 0.6 is 0 Å². The van der Waals surface area contributed by atoms with Crippen molar-refractivity contribution in [2.75, 3.05) is 18.0 Å². The third-order valence-electron chi connectivity index (χ3n) is 5.17. The van der Waals surface area contributed by atoms with Crippen molar-refractivity contribution in [1.29, 1.82) is 0 Å². The second-order valence-corrected chi connectivity index (χ2v) is 7.96. The monoisotopic (exact) mass is 390 g/mol. The van der Waals surface area contributed by atoms with Crippen LogP contribution in [0.4, 0.5) is 5.69 Å². The molecule has 1 aliphatic rings.